The summed E-state index contributed by atoms with van der Waals surface area (Å²) in [5.74, 6) is 0.642. The SMILES string of the molecule is CC1CCN(C(=O)CSC2=NC(c3ccco3)=NC3=[N+](C)C(=O)N(C)C(=O)C23)CC1. The van der Waals surface area contributed by atoms with Gasteiger partial charge in [-0.05, 0) is 30.9 Å². The average molecular weight is 431 g/mol. The number of hydrogen-bond acceptors (Lipinski definition) is 7. The summed E-state index contributed by atoms with van der Waals surface area (Å²) in [6.07, 6.45) is 3.51. The number of rotatable bonds is 3. The Labute approximate surface area is 178 Å². The summed E-state index contributed by atoms with van der Waals surface area (Å²) in [6.45, 7) is 3.71. The normalized spacial score (nSPS) is 22.8. The number of furan rings is 1. The van der Waals surface area contributed by atoms with Crippen molar-refractivity contribution in [3.63, 3.8) is 0 Å². The van der Waals surface area contributed by atoms with Gasteiger partial charge in [-0.1, -0.05) is 23.7 Å². The number of aliphatic imine (C=N–C) groups is 2. The van der Waals surface area contributed by atoms with Crippen molar-refractivity contribution in [2.45, 2.75) is 19.8 Å². The van der Waals surface area contributed by atoms with Crippen LogP contribution in [-0.2, 0) is 9.59 Å². The number of fused-ring (bicyclic) bond motifs is 1. The predicted molar refractivity (Wildman–Crippen MR) is 113 cm³/mol. The molecule has 1 unspecified atom stereocenters. The highest BCUT2D eigenvalue weighted by molar-refractivity contribution is 8.14. The topological polar surface area (TPSA) is 98.6 Å². The monoisotopic (exact) mass is 430 g/mol. The smallest absolute Gasteiger partial charge is 0.445 e. The first-order valence-corrected chi connectivity index (χ1v) is 10.9. The molecule has 0 aromatic carbocycles. The van der Waals surface area contributed by atoms with Gasteiger partial charge in [0.1, 0.15) is 5.04 Å². The minimum absolute atomic E-state index is 0.0271. The third-order valence-corrected chi connectivity index (χ3v) is 6.67. The lowest BCUT2D eigenvalue weighted by Gasteiger charge is -2.30. The van der Waals surface area contributed by atoms with E-state index in [0.29, 0.717) is 22.6 Å². The first-order chi connectivity index (χ1) is 14.4. The highest BCUT2D eigenvalue weighted by Crippen LogP contribution is 2.27. The van der Waals surface area contributed by atoms with Gasteiger partial charge in [0.15, 0.2) is 11.7 Å². The molecule has 1 atom stereocenters. The predicted octanol–water partition coefficient (Wildman–Crippen LogP) is 1.68. The number of carbonyl (C=O) groups excluding carboxylic acids is 3. The first kappa shape index (κ1) is 20.5. The van der Waals surface area contributed by atoms with E-state index in [1.54, 1.807) is 19.2 Å². The quantitative estimate of drug-likeness (QED) is 0.680. The summed E-state index contributed by atoms with van der Waals surface area (Å²) in [5.41, 5.74) is 0. The molecule has 0 spiro atoms. The van der Waals surface area contributed by atoms with E-state index in [2.05, 4.69) is 16.9 Å². The van der Waals surface area contributed by atoms with Crippen molar-refractivity contribution in [2.24, 2.45) is 21.8 Å². The molecule has 1 aromatic rings. The summed E-state index contributed by atoms with van der Waals surface area (Å²) in [4.78, 5) is 49.9. The van der Waals surface area contributed by atoms with Crippen LogP contribution in [0.25, 0.3) is 0 Å². The van der Waals surface area contributed by atoms with Crippen molar-refractivity contribution >= 4 is 46.3 Å². The number of thioether (sulfide) groups is 1. The van der Waals surface area contributed by atoms with Gasteiger partial charge < -0.3 is 9.32 Å². The third kappa shape index (κ3) is 3.71. The minimum atomic E-state index is -0.810. The van der Waals surface area contributed by atoms with Gasteiger partial charge in [-0.2, -0.15) is 9.48 Å². The van der Waals surface area contributed by atoms with E-state index in [-0.39, 0.29) is 17.5 Å². The van der Waals surface area contributed by atoms with Crippen molar-refractivity contribution < 1.29 is 23.4 Å². The van der Waals surface area contributed by atoms with Crippen LogP contribution in [-0.4, -0.2) is 81.9 Å². The molecule has 0 bridgehead atoms. The molecule has 1 saturated heterocycles. The number of amides is 4. The number of hydrogen-bond donors (Lipinski definition) is 0. The van der Waals surface area contributed by atoms with Gasteiger partial charge >= 0.3 is 11.9 Å². The first-order valence-electron chi connectivity index (χ1n) is 9.90. The standard InChI is InChI=1S/C20H24N5O4S/c1-12-6-8-25(9-7-12)14(26)11-30-18-15-17(23(2)20(28)24(3)19(15)27)21-16(22-18)13-5-4-10-29-13/h4-5,10,12,15H,6-9,11H2,1-3H3/q+1. The fourth-order valence-corrected chi connectivity index (χ4v) is 4.67. The maximum atomic E-state index is 12.9. The number of imide groups is 1. The van der Waals surface area contributed by atoms with Crippen LogP contribution in [0.15, 0.2) is 32.8 Å². The van der Waals surface area contributed by atoms with Crippen LogP contribution in [0.5, 0.6) is 0 Å². The lowest BCUT2D eigenvalue weighted by Crippen LogP contribution is -2.54. The van der Waals surface area contributed by atoms with Gasteiger partial charge in [0.2, 0.25) is 5.91 Å². The Bertz CT molecular complexity index is 973. The van der Waals surface area contributed by atoms with E-state index in [1.807, 2.05) is 4.90 Å². The van der Waals surface area contributed by atoms with Crippen LogP contribution in [0.1, 0.15) is 25.5 Å². The van der Waals surface area contributed by atoms with Gasteiger partial charge in [-0.3, -0.25) is 9.59 Å². The van der Waals surface area contributed by atoms with E-state index < -0.39 is 17.9 Å². The fraction of sp³-hybridized carbons (Fsp3) is 0.500. The molecule has 0 radical (unpaired) electrons. The molecule has 4 rings (SSSR count). The van der Waals surface area contributed by atoms with Crippen LogP contribution in [0.2, 0.25) is 0 Å². The average Bonchev–Trinajstić information content (AvgIpc) is 3.29. The molecule has 158 valence electrons. The minimum Gasteiger partial charge on any atom is -0.459 e. The summed E-state index contributed by atoms with van der Waals surface area (Å²) < 4.78 is 6.75. The van der Waals surface area contributed by atoms with Gasteiger partial charge in [-0.25, -0.2) is 9.79 Å². The molecule has 0 N–H and O–H groups in total. The Morgan fingerprint density at radius 1 is 1.30 bits per heavy atom. The van der Waals surface area contributed by atoms with Crippen LogP contribution in [0.3, 0.4) is 0 Å². The summed E-state index contributed by atoms with van der Waals surface area (Å²) in [6, 6.07) is 2.97. The van der Waals surface area contributed by atoms with E-state index in [1.165, 1.54) is 29.6 Å². The number of amidine groups is 2. The van der Waals surface area contributed by atoms with Crippen LogP contribution < -0.4 is 0 Å². The molecule has 30 heavy (non-hydrogen) atoms. The van der Waals surface area contributed by atoms with Crippen LogP contribution >= 0.6 is 11.8 Å². The second kappa shape index (κ2) is 8.17. The molecular formula is C20H24N5O4S+. The molecule has 1 aromatic heterocycles. The summed E-state index contributed by atoms with van der Waals surface area (Å²) >= 11 is 1.23. The Kier molecular flexibility index (Phi) is 5.59. The van der Waals surface area contributed by atoms with Crippen molar-refractivity contribution in [2.75, 3.05) is 32.9 Å². The lowest BCUT2D eigenvalue weighted by molar-refractivity contribution is -0.407. The van der Waals surface area contributed by atoms with Crippen molar-refractivity contribution in [1.82, 2.24) is 9.80 Å². The van der Waals surface area contributed by atoms with Crippen molar-refractivity contribution in [3.05, 3.63) is 24.2 Å². The molecule has 0 aliphatic carbocycles. The number of urea groups is 1. The molecule has 4 amide bonds. The van der Waals surface area contributed by atoms with Gasteiger partial charge in [0.05, 0.1) is 26.1 Å². The maximum Gasteiger partial charge on any atom is 0.445 e. The Morgan fingerprint density at radius 2 is 2.03 bits per heavy atom. The van der Waals surface area contributed by atoms with E-state index >= 15 is 0 Å². The lowest BCUT2D eigenvalue weighted by atomic mass is 9.99. The second-order valence-electron chi connectivity index (χ2n) is 7.74. The number of piperidine rings is 1. The fourth-order valence-electron chi connectivity index (χ4n) is 3.69. The second-order valence-corrected chi connectivity index (χ2v) is 8.74. The highest BCUT2D eigenvalue weighted by Gasteiger charge is 2.49. The molecule has 1 fully saturated rings. The largest absolute Gasteiger partial charge is 0.459 e. The van der Waals surface area contributed by atoms with Crippen LogP contribution in [0, 0.1) is 11.8 Å². The van der Waals surface area contributed by atoms with E-state index in [9.17, 15) is 14.4 Å². The molecular weight excluding hydrogens is 406 g/mol. The van der Waals surface area contributed by atoms with Gasteiger partial charge in [-0.15, -0.1) is 0 Å². The summed E-state index contributed by atoms with van der Waals surface area (Å²) in [5, 5.41) is 0.446. The zero-order valence-corrected chi connectivity index (χ0v) is 18.0. The third-order valence-electron chi connectivity index (χ3n) is 5.66. The molecule has 4 heterocycles. The molecule has 0 saturated carbocycles. The molecule has 10 heteroatoms. The van der Waals surface area contributed by atoms with Gasteiger partial charge in [0.25, 0.3) is 11.7 Å². The Hall–Kier alpha value is -2.75. The van der Waals surface area contributed by atoms with Crippen LogP contribution in [0.4, 0.5) is 4.79 Å². The number of carbonyl (C=O) groups is 3. The zero-order valence-electron chi connectivity index (χ0n) is 17.2. The number of nitrogens with zero attached hydrogens (tertiary/aromatic N) is 5. The van der Waals surface area contributed by atoms with E-state index in [0.717, 1.165) is 30.8 Å². The van der Waals surface area contributed by atoms with Crippen molar-refractivity contribution in [3.8, 4) is 0 Å². The maximum absolute atomic E-state index is 12.9. The molecule has 3 aliphatic heterocycles. The zero-order chi connectivity index (χ0) is 21.4. The summed E-state index contributed by atoms with van der Waals surface area (Å²) in [7, 11) is 3.01. The van der Waals surface area contributed by atoms with Gasteiger partial charge in [0, 0.05) is 13.1 Å². The van der Waals surface area contributed by atoms with Crippen molar-refractivity contribution in [1.29, 1.82) is 0 Å². The Morgan fingerprint density at radius 3 is 2.70 bits per heavy atom. The Balaban J connectivity index is 1.61. The highest BCUT2D eigenvalue weighted by atomic mass is 32.2. The van der Waals surface area contributed by atoms with E-state index in [4.69, 9.17) is 4.42 Å². The molecule has 3 aliphatic rings. The number of likely N-dealkylation sites (tertiary alicyclic amines) is 1. The molecule has 9 nitrogen and oxygen atoms in total.